The molecular weight excluding hydrogens is 238 g/mol. The molecule has 0 unspecified atom stereocenters. The summed E-state index contributed by atoms with van der Waals surface area (Å²) in [5, 5.41) is 5.79. The molecule has 0 spiro atoms. The van der Waals surface area contributed by atoms with Gasteiger partial charge in [-0.15, -0.1) is 5.53 Å². The van der Waals surface area contributed by atoms with E-state index in [1.54, 1.807) is 24.3 Å². The van der Waals surface area contributed by atoms with Crippen LogP contribution < -0.4 is 5.43 Å². The highest BCUT2D eigenvalue weighted by molar-refractivity contribution is 5.75. The van der Waals surface area contributed by atoms with Crippen LogP contribution in [-0.2, 0) is 16.1 Å². The number of carbonyl (C=O) groups excluding carboxylic acids is 1. The fourth-order valence-corrected chi connectivity index (χ4v) is 1.25. The normalized spacial score (nSPS) is 10.4. The lowest BCUT2D eigenvalue weighted by Crippen LogP contribution is -2.35. The van der Waals surface area contributed by atoms with Crippen LogP contribution in [0, 0.1) is 0 Å². The minimum Gasteiger partial charge on any atom is -0.355 e. The van der Waals surface area contributed by atoms with Crippen LogP contribution in [0.5, 0.6) is 0 Å². The van der Waals surface area contributed by atoms with E-state index in [-0.39, 0.29) is 6.42 Å². The molecule has 0 radical (unpaired) electrons. The molecule has 0 amide bonds. The third kappa shape index (κ3) is 4.31. The summed E-state index contributed by atoms with van der Waals surface area (Å²) in [6.45, 7) is 0. The van der Waals surface area contributed by atoms with Gasteiger partial charge in [-0.05, 0) is 16.3 Å². The van der Waals surface area contributed by atoms with Gasteiger partial charge in [-0.3, -0.25) is 0 Å². The van der Waals surface area contributed by atoms with E-state index in [4.69, 9.17) is 11.1 Å². The van der Waals surface area contributed by atoms with E-state index in [0.717, 1.165) is 5.56 Å². The molecule has 1 N–H and O–H groups in total. The largest absolute Gasteiger partial charge is 0.363 e. The predicted molar refractivity (Wildman–Crippen MR) is 61.5 cm³/mol. The molecule has 0 fully saturated rings. The second-order valence-corrected chi connectivity index (χ2v) is 3.14. The van der Waals surface area contributed by atoms with Crippen LogP contribution in [0.4, 0.5) is 0 Å². The van der Waals surface area contributed by atoms with Crippen molar-refractivity contribution < 1.29 is 9.63 Å². The van der Waals surface area contributed by atoms with Gasteiger partial charge < -0.3 is 4.84 Å². The molecule has 9 nitrogen and oxygen atoms in total. The number of nitrogens with one attached hydrogen (secondary N) is 1. The van der Waals surface area contributed by atoms with Crippen LogP contribution in [0.15, 0.2) is 40.8 Å². The van der Waals surface area contributed by atoms with E-state index in [1.807, 2.05) is 6.07 Å². The molecule has 18 heavy (non-hydrogen) atoms. The molecule has 0 saturated heterocycles. The van der Waals surface area contributed by atoms with E-state index in [2.05, 4.69) is 30.6 Å². The Morgan fingerprint density at radius 3 is 2.67 bits per heavy atom. The summed E-state index contributed by atoms with van der Waals surface area (Å²) in [4.78, 5) is 20.5. The molecule has 1 aromatic carbocycles. The van der Waals surface area contributed by atoms with Gasteiger partial charge in [0.25, 0.3) is 0 Å². The molecule has 0 aliphatic carbocycles. The van der Waals surface area contributed by atoms with Crippen molar-refractivity contribution in [3.63, 3.8) is 0 Å². The Labute approximate surface area is 102 Å². The van der Waals surface area contributed by atoms with Gasteiger partial charge in [-0.2, -0.15) is 4.91 Å². The maximum Gasteiger partial charge on any atom is 0.363 e. The third-order valence-corrected chi connectivity index (χ3v) is 1.99. The van der Waals surface area contributed by atoms with Crippen LogP contribution in [0.3, 0.4) is 0 Å². The summed E-state index contributed by atoms with van der Waals surface area (Å²) < 4.78 is 0. The zero-order valence-electron chi connectivity index (χ0n) is 9.17. The van der Waals surface area contributed by atoms with Crippen molar-refractivity contribution in [2.24, 2.45) is 10.5 Å². The van der Waals surface area contributed by atoms with Gasteiger partial charge >= 0.3 is 5.97 Å². The first kappa shape index (κ1) is 13.2. The first-order valence-corrected chi connectivity index (χ1v) is 4.86. The molecule has 92 valence electrons. The smallest absolute Gasteiger partial charge is 0.355 e. The maximum atomic E-state index is 11.5. The van der Waals surface area contributed by atoms with Gasteiger partial charge in [0, 0.05) is 11.3 Å². The topological polar surface area (TPSA) is 136 Å². The Hall–Kier alpha value is -2.89. The molecule has 9 heteroatoms. The summed E-state index contributed by atoms with van der Waals surface area (Å²) in [6.07, 6.45) is 0.236. The molecule has 1 atom stereocenters. The molecular formula is C9H9N7O2. The highest BCUT2D eigenvalue weighted by Crippen LogP contribution is 2.05. The Morgan fingerprint density at radius 1 is 1.33 bits per heavy atom. The van der Waals surface area contributed by atoms with Crippen molar-refractivity contribution in [2.45, 2.75) is 12.5 Å². The molecule has 1 aromatic rings. The predicted octanol–water partition coefficient (Wildman–Crippen LogP) is 2.18. The van der Waals surface area contributed by atoms with Crippen LogP contribution in [0.25, 0.3) is 20.9 Å². The van der Waals surface area contributed by atoms with Gasteiger partial charge in [0.15, 0.2) is 6.04 Å². The SMILES string of the molecule is [N-]=[N+]=NN[C@@H](Cc1ccccc1)C(=O)ON=[N+]=[N-]. The quantitative estimate of drug-likeness (QED) is 0.357. The van der Waals surface area contributed by atoms with Crippen molar-refractivity contribution in [3.05, 3.63) is 56.8 Å². The van der Waals surface area contributed by atoms with Crippen LogP contribution >= 0.6 is 0 Å². The van der Waals surface area contributed by atoms with Crippen LogP contribution in [-0.4, -0.2) is 12.0 Å². The van der Waals surface area contributed by atoms with Gasteiger partial charge in [0.05, 0.1) is 0 Å². The number of hydrogen-bond acceptors (Lipinski definition) is 4. The van der Waals surface area contributed by atoms with Crippen molar-refractivity contribution in [3.8, 4) is 0 Å². The first-order valence-electron chi connectivity index (χ1n) is 4.86. The number of azide groups is 2. The number of nitrogens with zero attached hydrogens (tertiary/aromatic N) is 6. The van der Waals surface area contributed by atoms with E-state index < -0.39 is 12.0 Å². The van der Waals surface area contributed by atoms with Gasteiger partial charge in [0.1, 0.15) is 5.28 Å². The Bertz CT molecular complexity index is 491. The summed E-state index contributed by atoms with van der Waals surface area (Å²) in [7, 11) is 0. The number of benzene rings is 1. The molecule has 0 aromatic heterocycles. The molecule has 0 heterocycles. The molecule has 0 aliphatic heterocycles. The molecule has 0 bridgehead atoms. The highest BCUT2D eigenvalue weighted by atomic mass is 16.7. The second-order valence-electron chi connectivity index (χ2n) is 3.14. The Morgan fingerprint density at radius 2 is 2.06 bits per heavy atom. The molecule has 0 aliphatic rings. The number of carbonyl (C=O) groups is 1. The Kier molecular flexibility index (Phi) is 5.41. The van der Waals surface area contributed by atoms with E-state index in [9.17, 15) is 4.79 Å². The highest BCUT2D eigenvalue weighted by Gasteiger charge is 2.22. The van der Waals surface area contributed by atoms with Crippen LogP contribution in [0.1, 0.15) is 5.56 Å². The summed E-state index contributed by atoms with van der Waals surface area (Å²) in [5.74, 6) is -0.830. The van der Waals surface area contributed by atoms with Crippen LogP contribution in [0.2, 0.25) is 0 Å². The average molecular weight is 247 g/mol. The van der Waals surface area contributed by atoms with Crippen molar-refractivity contribution in [1.29, 1.82) is 0 Å². The summed E-state index contributed by atoms with van der Waals surface area (Å²) >= 11 is 0. The zero-order chi connectivity index (χ0) is 13.2. The first-order chi connectivity index (χ1) is 8.77. The van der Waals surface area contributed by atoms with E-state index in [1.165, 1.54) is 0 Å². The Balaban J connectivity index is 2.74. The fourth-order valence-electron chi connectivity index (χ4n) is 1.25. The number of rotatable bonds is 6. The zero-order valence-corrected chi connectivity index (χ0v) is 9.17. The van der Waals surface area contributed by atoms with Gasteiger partial charge in [-0.25, -0.2) is 10.2 Å². The third-order valence-electron chi connectivity index (χ3n) is 1.99. The lowest BCUT2D eigenvalue weighted by Gasteiger charge is -2.09. The van der Waals surface area contributed by atoms with Gasteiger partial charge in [-0.1, -0.05) is 30.3 Å². The summed E-state index contributed by atoms with van der Waals surface area (Å²) in [6, 6.07) is 8.11. The molecule has 1 rings (SSSR count). The fraction of sp³-hybridized carbons (Fsp3) is 0.222. The minimum absolute atomic E-state index is 0.236. The van der Waals surface area contributed by atoms with Crippen molar-refractivity contribution in [1.82, 2.24) is 5.43 Å². The standard InChI is InChI=1S/C9H9N7O2/c10-13-15-12-8(9(17)18-16-14-11)6-7-4-2-1-3-5-7/h1-5,8,12H,6H2/t8-/m0/s1. The van der Waals surface area contributed by atoms with E-state index in [0.29, 0.717) is 0 Å². The number of hydrogen-bond donors (Lipinski definition) is 1. The second kappa shape index (κ2) is 7.39. The monoisotopic (exact) mass is 247 g/mol. The lowest BCUT2D eigenvalue weighted by molar-refractivity contribution is -0.146. The summed E-state index contributed by atoms with van der Waals surface area (Å²) in [5.41, 5.74) is 19.4. The lowest BCUT2D eigenvalue weighted by atomic mass is 10.1. The van der Waals surface area contributed by atoms with Crippen molar-refractivity contribution in [2.75, 3.05) is 0 Å². The maximum absolute atomic E-state index is 11.5. The minimum atomic E-state index is -0.922. The molecule has 0 saturated carbocycles. The van der Waals surface area contributed by atoms with Gasteiger partial charge in [0.2, 0.25) is 0 Å². The average Bonchev–Trinajstić information content (AvgIpc) is 2.42. The van der Waals surface area contributed by atoms with Crippen molar-refractivity contribution >= 4 is 5.97 Å². The van der Waals surface area contributed by atoms with E-state index >= 15 is 0 Å².